The van der Waals surface area contributed by atoms with E-state index in [9.17, 15) is 14.4 Å². The third-order valence-corrected chi connectivity index (χ3v) is 5.15. The van der Waals surface area contributed by atoms with Crippen LogP contribution in [0.15, 0.2) is 53.3 Å². The molecule has 1 heterocycles. The van der Waals surface area contributed by atoms with Crippen molar-refractivity contribution in [2.24, 2.45) is 0 Å². The lowest BCUT2D eigenvalue weighted by atomic mass is 10.1. The molecule has 0 saturated carbocycles. The Morgan fingerprint density at radius 1 is 1.00 bits per heavy atom. The van der Waals surface area contributed by atoms with E-state index < -0.39 is 5.91 Å². The molecule has 0 spiro atoms. The van der Waals surface area contributed by atoms with Gasteiger partial charge in [-0.05, 0) is 37.6 Å². The summed E-state index contributed by atoms with van der Waals surface area (Å²) in [5.41, 5.74) is 1.23. The Balaban J connectivity index is 2.06. The number of carbonyl (C=O) groups is 2. The van der Waals surface area contributed by atoms with Crippen molar-refractivity contribution in [3.05, 3.63) is 69.9 Å². The van der Waals surface area contributed by atoms with Crippen LogP contribution in [-0.2, 0) is 4.79 Å². The predicted octanol–water partition coefficient (Wildman–Crippen LogP) is 4.56. The van der Waals surface area contributed by atoms with E-state index in [1.54, 1.807) is 30.3 Å². The van der Waals surface area contributed by atoms with Gasteiger partial charge in [-0.25, -0.2) is 0 Å². The quantitative estimate of drug-likeness (QED) is 0.681. The Morgan fingerprint density at radius 3 is 2.41 bits per heavy atom. The van der Waals surface area contributed by atoms with Gasteiger partial charge in [0.1, 0.15) is 10.6 Å². The molecule has 2 aromatic carbocycles. The molecular formula is C21H20N2O3S. The molecule has 0 aliphatic heterocycles. The number of aryl methyl sites for hydroxylation is 1. The average Bonchev–Trinajstić information content (AvgIpc) is 2.64. The molecule has 0 saturated heterocycles. The van der Waals surface area contributed by atoms with Gasteiger partial charge in [0.25, 0.3) is 5.91 Å². The standard InChI is InChI=1S/C21H20N2O3S/c1-3-6-17(24)23-21-18(19(25)15-7-4-5-8-16(15)27-21)20(26)22-14-11-9-13(2)10-12-14/h4-5,7-12H,3,6H2,1-2H3,(H,22,26)(H,23,24). The second-order valence-electron chi connectivity index (χ2n) is 6.25. The van der Waals surface area contributed by atoms with E-state index >= 15 is 0 Å². The van der Waals surface area contributed by atoms with E-state index in [2.05, 4.69) is 10.6 Å². The molecule has 0 fully saturated rings. The first kappa shape index (κ1) is 18.8. The summed E-state index contributed by atoms with van der Waals surface area (Å²) >= 11 is 1.23. The predicted molar refractivity (Wildman–Crippen MR) is 111 cm³/mol. The van der Waals surface area contributed by atoms with Crippen LogP contribution in [0.25, 0.3) is 10.1 Å². The number of benzene rings is 2. The van der Waals surface area contributed by atoms with Crippen LogP contribution in [0.5, 0.6) is 0 Å². The second-order valence-corrected chi connectivity index (χ2v) is 7.30. The fourth-order valence-corrected chi connectivity index (χ4v) is 3.77. The van der Waals surface area contributed by atoms with Crippen LogP contribution in [0.2, 0.25) is 0 Å². The fraction of sp³-hybridized carbons (Fsp3) is 0.190. The third kappa shape index (κ3) is 4.23. The minimum Gasteiger partial charge on any atom is -0.322 e. The highest BCUT2D eigenvalue weighted by Gasteiger charge is 2.21. The molecule has 0 aliphatic rings. The van der Waals surface area contributed by atoms with Crippen LogP contribution in [0.4, 0.5) is 10.7 Å². The molecule has 2 N–H and O–H groups in total. The molecular weight excluding hydrogens is 360 g/mol. The number of amides is 2. The molecule has 2 amide bonds. The molecule has 0 radical (unpaired) electrons. The number of fused-ring (bicyclic) bond motifs is 1. The lowest BCUT2D eigenvalue weighted by Gasteiger charge is -2.12. The molecule has 0 bridgehead atoms. The number of anilines is 2. The van der Waals surface area contributed by atoms with Gasteiger partial charge in [0.15, 0.2) is 0 Å². The SMILES string of the molecule is CCCC(=O)Nc1sc2ccccc2c(=O)c1C(=O)Nc1ccc(C)cc1. The summed E-state index contributed by atoms with van der Waals surface area (Å²) in [6, 6.07) is 14.4. The van der Waals surface area contributed by atoms with Crippen LogP contribution < -0.4 is 16.1 Å². The number of hydrogen-bond donors (Lipinski definition) is 2. The van der Waals surface area contributed by atoms with Gasteiger partial charge in [-0.1, -0.05) is 36.8 Å². The van der Waals surface area contributed by atoms with E-state index in [1.165, 1.54) is 11.3 Å². The van der Waals surface area contributed by atoms with Gasteiger partial charge >= 0.3 is 0 Å². The van der Waals surface area contributed by atoms with Gasteiger partial charge in [0, 0.05) is 22.2 Å². The number of hydrogen-bond acceptors (Lipinski definition) is 4. The first-order chi connectivity index (χ1) is 13.0. The average molecular weight is 380 g/mol. The van der Waals surface area contributed by atoms with Gasteiger partial charge < -0.3 is 10.6 Å². The van der Waals surface area contributed by atoms with Crippen LogP contribution in [-0.4, -0.2) is 11.8 Å². The Bertz CT molecular complexity index is 1060. The van der Waals surface area contributed by atoms with Crippen molar-refractivity contribution >= 4 is 43.9 Å². The fourth-order valence-electron chi connectivity index (χ4n) is 2.68. The maximum Gasteiger partial charge on any atom is 0.262 e. The van der Waals surface area contributed by atoms with Crippen molar-refractivity contribution in [2.75, 3.05) is 10.6 Å². The number of carbonyl (C=O) groups excluding carboxylic acids is 2. The summed E-state index contributed by atoms with van der Waals surface area (Å²) in [6.45, 7) is 3.85. The normalized spacial score (nSPS) is 10.6. The van der Waals surface area contributed by atoms with Gasteiger partial charge in [0.2, 0.25) is 11.3 Å². The largest absolute Gasteiger partial charge is 0.322 e. The Morgan fingerprint density at radius 2 is 1.70 bits per heavy atom. The number of rotatable bonds is 5. The third-order valence-electron chi connectivity index (χ3n) is 4.06. The Hall–Kier alpha value is -2.99. The number of nitrogens with one attached hydrogen (secondary N) is 2. The monoisotopic (exact) mass is 380 g/mol. The second kappa shape index (κ2) is 8.14. The zero-order valence-corrected chi connectivity index (χ0v) is 16.0. The highest BCUT2D eigenvalue weighted by Crippen LogP contribution is 2.27. The van der Waals surface area contributed by atoms with Crippen molar-refractivity contribution in [2.45, 2.75) is 26.7 Å². The highest BCUT2D eigenvalue weighted by molar-refractivity contribution is 7.22. The summed E-state index contributed by atoms with van der Waals surface area (Å²) in [5.74, 6) is -0.745. The smallest absolute Gasteiger partial charge is 0.262 e. The van der Waals surface area contributed by atoms with E-state index in [-0.39, 0.29) is 21.9 Å². The van der Waals surface area contributed by atoms with Crippen LogP contribution in [0, 0.1) is 6.92 Å². The van der Waals surface area contributed by atoms with Gasteiger partial charge in [0.05, 0.1) is 0 Å². The van der Waals surface area contributed by atoms with E-state index in [4.69, 9.17) is 0 Å². The molecule has 3 aromatic rings. The van der Waals surface area contributed by atoms with Crippen LogP contribution in [0.3, 0.4) is 0 Å². The molecule has 27 heavy (non-hydrogen) atoms. The minimum absolute atomic E-state index is 0.0382. The van der Waals surface area contributed by atoms with Crippen molar-refractivity contribution in [1.29, 1.82) is 0 Å². The molecule has 0 aliphatic carbocycles. The minimum atomic E-state index is -0.530. The van der Waals surface area contributed by atoms with Gasteiger partial charge in [-0.3, -0.25) is 14.4 Å². The molecule has 1 aromatic heterocycles. The van der Waals surface area contributed by atoms with Crippen molar-refractivity contribution < 1.29 is 9.59 Å². The summed E-state index contributed by atoms with van der Waals surface area (Å²) in [7, 11) is 0. The zero-order valence-electron chi connectivity index (χ0n) is 15.2. The molecule has 6 heteroatoms. The molecule has 138 valence electrons. The van der Waals surface area contributed by atoms with Crippen molar-refractivity contribution in [3.63, 3.8) is 0 Å². The zero-order chi connectivity index (χ0) is 19.4. The van der Waals surface area contributed by atoms with Crippen molar-refractivity contribution in [3.8, 4) is 0 Å². The summed E-state index contributed by atoms with van der Waals surface area (Å²) in [4.78, 5) is 37.9. The van der Waals surface area contributed by atoms with Crippen LogP contribution in [0.1, 0.15) is 35.7 Å². The van der Waals surface area contributed by atoms with E-state index in [1.807, 2.05) is 32.0 Å². The maximum absolute atomic E-state index is 13.0. The van der Waals surface area contributed by atoms with E-state index in [0.717, 1.165) is 10.3 Å². The maximum atomic E-state index is 13.0. The Labute approximate surface area is 161 Å². The first-order valence-corrected chi connectivity index (χ1v) is 9.55. The van der Waals surface area contributed by atoms with Gasteiger partial charge in [-0.2, -0.15) is 0 Å². The molecule has 0 unspecified atom stereocenters. The van der Waals surface area contributed by atoms with Crippen LogP contribution >= 0.6 is 11.3 Å². The lowest BCUT2D eigenvalue weighted by molar-refractivity contribution is -0.116. The Kier molecular flexibility index (Phi) is 5.66. The summed E-state index contributed by atoms with van der Waals surface area (Å²) < 4.78 is 0.723. The van der Waals surface area contributed by atoms with E-state index in [0.29, 0.717) is 23.9 Å². The lowest BCUT2D eigenvalue weighted by Crippen LogP contribution is -2.24. The summed E-state index contributed by atoms with van der Waals surface area (Å²) in [6.07, 6.45) is 1.01. The topological polar surface area (TPSA) is 75.3 Å². The summed E-state index contributed by atoms with van der Waals surface area (Å²) in [5, 5.41) is 6.23. The first-order valence-electron chi connectivity index (χ1n) is 8.73. The molecule has 0 atom stereocenters. The highest BCUT2D eigenvalue weighted by atomic mass is 32.1. The molecule has 5 nitrogen and oxygen atoms in total. The molecule has 3 rings (SSSR count). The van der Waals surface area contributed by atoms with Gasteiger partial charge in [-0.15, -0.1) is 11.3 Å². The van der Waals surface area contributed by atoms with Crippen molar-refractivity contribution in [1.82, 2.24) is 0 Å².